The second-order valence-electron chi connectivity index (χ2n) is 4.88. The maximum Gasteiger partial charge on any atom is 0.127 e. The molecule has 19 heavy (non-hydrogen) atoms. The van der Waals surface area contributed by atoms with E-state index in [1.165, 1.54) is 12.0 Å². The zero-order valence-corrected chi connectivity index (χ0v) is 11.9. The minimum Gasteiger partial charge on any atom is -0.384 e. The van der Waals surface area contributed by atoms with Gasteiger partial charge < -0.3 is 10.3 Å². The van der Waals surface area contributed by atoms with E-state index in [-0.39, 0.29) is 0 Å². The molecule has 1 heterocycles. The highest BCUT2D eigenvalue weighted by atomic mass is 15.1. The molecule has 0 bridgehead atoms. The molecule has 0 radical (unpaired) electrons. The second-order valence-corrected chi connectivity index (χ2v) is 4.88. The molecule has 102 valence electrons. The molecular formula is C16H23N3. The van der Waals surface area contributed by atoms with Crippen molar-refractivity contribution in [2.24, 2.45) is 0 Å². The van der Waals surface area contributed by atoms with Crippen LogP contribution < -0.4 is 5.73 Å². The van der Waals surface area contributed by atoms with Crippen LogP contribution in [0.2, 0.25) is 0 Å². The van der Waals surface area contributed by atoms with E-state index >= 15 is 0 Å². The summed E-state index contributed by atoms with van der Waals surface area (Å²) in [5.74, 6) is 1.95. The zero-order valence-electron chi connectivity index (χ0n) is 11.9. The van der Waals surface area contributed by atoms with Crippen molar-refractivity contribution in [3.8, 4) is 0 Å². The van der Waals surface area contributed by atoms with Gasteiger partial charge in [0.15, 0.2) is 0 Å². The van der Waals surface area contributed by atoms with Crippen molar-refractivity contribution in [1.29, 1.82) is 0 Å². The number of hydrogen-bond donors (Lipinski definition) is 1. The quantitative estimate of drug-likeness (QED) is 0.861. The number of nitrogens with two attached hydrogens (primary N) is 1. The van der Waals surface area contributed by atoms with Gasteiger partial charge >= 0.3 is 0 Å². The van der Waals surface area contributed by atoms with Crippen LogP contribution in [0.15, 0.2) is 30.3 Å². The third-order valence-electron chi connectivity index (χ3n) is 3.43. The van der Waals surface area contributed by atoms with E-state index in [0.717, 1.165) is 43.1 Å². The van der Waals surface area contributed by atoms with E-state index in [4.69, 9.17) is 10.7 Å². The molecule has 3 nitrogen and oxygen atoms in total. The van der Waals surface area contributed by atoms with Gasteiger partial charge in [-0.1, -0.05) is 50.6 Å². The van der Waals surface area contributed by atoms with Crippen molar-refractivity contribution in [2.45, 2.75) is 46.1 Å². The Labute approximate surface area is 115 Å². The molecule has 0 aliphatic rings. The van der Waals surface area contributed by atoms with E-state index in [1.807, 2.05) is 6.07 Å². The summed E-state index contributed by atoms with van der Waals surface area (Å²) in [6, 6.07) is 10.4. The van der Waals surface area contributed by atoms with E-state index < -0.39 is 0 Å². The third-order valence-corrected chi connectivity index (χ3v) is 3.43. The zero-order chi connectivity index (χ0) is 13.7. The predicted octanol–water partition coefficient (Wildman–Crippen LogP) is 3.42. The summed E-state index contributed by atoms with van der Waals surface area (Å²) < 4.78 is 2.18. The van der Waals surface area contributed by atoms with Crippen LogP contribution in [0.3, 0.4) is 0 Å². The number of hydrogen-bond acceptors (Lipinski definition) is 2. The molecule has 0 aliphatic carbocycles. The lowest BCUT2D eigenvalue weighted by Gasteiger charge is -2.07. The van der Waals surface area contributed by atoms with Gasteiger partial charge in [-0.3, -0.25) is 0 Å². The number of unbranched alkanes of at least 4 members (excludes halogenated alkanes) is 1. The fourth-order valence-electron chi connectivity index (χ4n) is 2.32. The summed E-state index contributed by atoms with van der Waals surface area (Å²) in [6.45, 7) is 5.31. The average molecular weight is 257 g/mol. The van der Waals surface area contributed by atoms with Gasteiger partial charge in [0.25, 0.3) is 0 Å². The lowest BCUT2D eigenvalue weighted by atomic mass is 10.1. The van der Waals surface area contributed by atoms with Crippen LogP contribution in [-0.4, -0.2) is 9.55 Å². The highest BCUT2D eigenvalue weighted by molar-refractivity contribution is 5.41. The molecule has 0 amide bonds. The Hall–Kier alpha value is -1.77. The number of rotatable bonds is 6. The van der Waals surface area contributed by atoms with Crippen LogP contribution in [-0.2, 0) is 19.4 Å². The molecule has 1 aromatic heterocycles. The summed E-state index contributed by atoms with van der Waals surface area (Å²) in [5.41, 5.74) is 8.54. The lowest BCUT2D eigenvalue weighted by Crippen LogP contribution is -2.07. The van der Waals surface area contributed by atoms with Gasteiger partial charge in [0.1, 0.15) is 11.6 Å². The Kier molecular flexibility index (Phi) is 4.61. The number of anilines is 1. The highest BCUT2D eigenvalue weighted by Crippen LogP contribution is 2.19. The van der Waals surface area contributed by atoms with Crippen LogP contribution in [0, 0.1) is 0 Å². The predicted molar refractivity (Wildman–Crippen MR) is 80.2 cm³/mol. The lowest BCUT2D eigenvalue weighted by molar-refractivity contribution is 0.612. The van der Waals surface area contributed by atoms with Gasteiger partial charge in [-0.15, -0.1) is 0 Å². The fraction of sp³-hybridized carbons (Fsp3) is 0.438. The van der Waals surface area contributed by atoms with Gasteiger partial charge in [0, 0.05) is 19.4 Å². The first-order chi connectivity index (χ1) is 9.26. The van der Waals surface area contributed by atoms with Crippen molar-refractivity contribution < 1.29 is 0 Å². The van der Waals surface area contributed by atoms with E-state index in [1.54, 1.807) is 0 Å². The van der Waals surface area contributed by atoms with Gasteiger partial charge in [-0.2, -0.15) is 0 Å². The Morgan fingerprint density at radius 2 is 1.89 bits per heavy atom. The number of aryl methyl sites for hydroxylation is 1. The Morgan fingerprint density at radius 3 is 2.53 bits per heavy atom. The minimum absolute atomic E-state index is 0.818. The maximum atomic E-state index is 6.27. The monoisotopic (exact) mass is 257 g/mol. The van der Waals surface area contributed by atoms with Crippen molar-refractivity contribution in [3.05, 3.63) is 47.4 Å². The number of imidazole rings is 1. The van der Waals surface area contributed by atoms with Crippen LogP contribution in [0.5, 0.6) is 0 Å². The van der Waals surface area contributed by atoms with Crippen LogP contribution in [0.1, 0.15) is 43.8 Å². The molecule has 0 atom stereocenters. The van der Waals surface area contributed by atoms with E-state index in [2.05, 4.69) is 42.7 Å². The number of benzene rings is 1. The Morgan fingerprint density at radius 1 is 1.16 bits per heavy atom. The molecular weight excluding hydrogens is 234 g/mol. The van der Waals surface area contributed by atoms with E-state index in [0.29, 0.717) is 0 Å². The first-order valence-electron chi connectivity index (χ1n) is 7.13. The molecule has 1 aromatic carbocycles. The summed E-state index contributed by atoms with van der Waals surface area (Å²) in [6.07, 6.45) is 4.08. The number of nitrogens with zero attached hydrogens (tertiary/aromatic N) is 2. The van der Waals surface area contributed by atoms with Gasteiger partial charge in [-0.25, -0.2) is 4.98 Å². The molecule has 0 saturated heterocycles. The normalized spacial score (nSPS) is 10.8. The topological polar surface area (TPSA) is 43.8 Å². The van der Waals surface area contributed by atoms with Crippen molar-refractivity contribution in [2.75, 3.05) is 5.73 Å². The van der Waals surface area contributed by atoms with Gasteiger partial charge in [0.2, 0.25) is 0 Å². The third kappa shape index (κ3) is 3.16. The standard InChI is InChI=1S/C16H23N3/c1-3-5-11-19-15(4-2)18-14(16(19)17)12-13-9-7-6-8-10-13/h6-10H,3-5,11-12,17H2,1-2H3. The first kappa shape index (κ1) is 13.7. The average Bonchev–Trinajstić information content (AvgIpc) is 2.74. The van der Waals surface area contributed by atoms with Crippen molar-refractivity contribution in [1.82, 2.24) is 9.55 Å². The van der Waals surface area contributed by atoms with E-state index in [9.17, 15) is 0 Å². The van der Waals surface area contributed by atoms with Gasteiger partial charge in [-0.05, 0) is 12.0 Å². The second kappa shape index (κ2) is 6.41. The molecule has 2 rings (SSSR count). The molecule has 0 fully saturated rings. The molecule has 0 spiro atoms. The number of nitrogen functional groups attached to an aromatic ring is 1. The summed E-state index contributed by atoms with van der Waals surface area (Å²) >= 11 is 0. The Balaban J connectivity index is 2.24. The number of aromatic nitrogens is 2. The Bertz CT molecular complexity index is 514. The molecule has 2 N–H and O–H groups in total. The van der Waals surface area contributed by atoms with Crippen LogP contribution >= 0.6 is 0 Å². The summed E-state index contributed by atoms with van der Waals surface area (Å²) in [5, 5.41) is 0. The first-order valence-corrected chi connectivity index (χ1v) is 7.13. The molecule has 2 aromatic rings. The summed E-state index contributed by atoms with van der Waals surface area (Å²) in [7, 11) is 0. The van der Waals surface area contributed by atoms with Gasteiger partial charge in [0.05, 0.1) is 5.69 Å². The van der Waals surface area contributed by atoms with Crippen LogP contribution in [0.4, 0.5) is 5.82 Å². The summed E-state index contributed by atoms with van der Waals surface area (Å²) in [4.78, 5) is 4.71. The molecule has 3 heteroatoms. The molecule has 0 saturated carbocycles. The molecule has 0 aliphatic heterocycles. The molecule has 0 unspecified atom stereocenters. The SMILES string of the molecule is CCCCn1c(CC)nc(Cc2ccccc2)c1N. The smallest absolute Gasteiger partial charge is 0.127 e. The van der Waals surface area contributed by atoms with Crippen LogP contribution in [0.25, 0.3) is 0 Å². The van der Waals surface area contributed by atoms with Crippen molar-refractivity contribution >= 4 is 5.82 Å². The largest absolute Gasteiger partial charge is 0.384 e. The minimum atomic E-state index is 0.818. The maximum absolute atomic E-state index is 6.27. The van der Waals surface area contributed by atoms with Crippen molar-refractivity contribution in [3.63, 3.8) is 0 Å². The highest BCUT2D eigenvalue weighted by Gasteiger charge is 2.13. The fourth-order valence-corrected chi connectivity index (χ4v) is 2.32.